The number of nitrogens with one attached hydrogen (secondary N) is 1. The van der Waals surface area contributed by atoms with Crippen LogP contribution in [0.5, 0.6) is 0 Å². The zero-order chi connectivity index (χ0) is 12.1. The van der Waals surface area contributed by atoms with Crippen LogP contribution in [-0.2, 0) is 4.79 Å². The molecule has 1 aliphatic heterocycles. The molecule has 2 amide bonds. The van der Waals surface area contributed by atoms with Crippen LogP contribution in [0.4, 0.5) is 4.79 Å². The normalized spacial score (nSPS) is 20.2. The van der Waals surface area contributed by atoms with Crippen molar-refractivity contribution in [1.82, 2.24) is 10.2 Å². The fraction of sp³-hybridized carbons (Fsp3) is 0.800. The molecule has 5 nitrogen and oxygen atoms in total. The van der Waals surface area contributed by atoms with E-state index in [2.05, 4.69) is 5.32 Å². The molecule has 1 heterocycles. The number of carboxylic acid groups (broad SMARTS) is 1. The van der Waals surface area contributed by atoms with Gasteiger partial charge in [0, 0.05) is 11.8 Å². The molecular formula is C10H18N2O3S. The zero-order valence-corrected chi connectivity index (χ0v) is 10.4. The average molecular weight is 246 g/mol. The highest BCUT2D eigenvalue weighted by Gasteiger charge is 2.34. The minimum Gasteiger partial charge on any atom is -0.480 e. The van der Waals surface area contributed by atoms with E-state index in [1.54, 1.807) is 0 Å². The number of carbonyl (C=O) groups is 2. The third-order valence-corrected chi connectivity index (χ3v) is 3.75. The molecule has 1 atom stereocenters. The van der Waals surface area contributed by atoms with Crippen LogP contribution in [0, 0.1) is 0 Å². The monoisotopic (exact) mass is 246 g/mol. The third kappa shape index (κ3) is 3.04. The number of hydrogen-bond donors (Lipinski definition) is 2. The Morgan fingerprint density at radius 1 is 1.50 bits per heavy atom. The Kier molecular flexibility index (Phi) is 4.92. The van der Waals surface area contributed by atoms with Crippen molar-refractivity contribution >= 4 is 23.8 Å². The number of aliphatic carboxylic acids is 1. The van der Waals surface area contributed by atoms with Crippen LogP contribution < -0.4 is 5.32 Å². The van der Waals surface area contributed by atoms with Gasteiger partial charge in [-0.2, -0.15) is 0 Å². The first-order chi connectivity index (χ1) is 7.60. The standard InChI is InChI=1S/C10H18N2O3S/c1-3-7(4-2)11-10(15)12-6-16-5-8(12)9(13)14/h7-8H,3-6H2,1-2H3,(H,11,15)(H,13,14). The maximum Gasteiger partial charge on any atom is 0.327 e. The molecule has 0 aliphatic carbocycles. The van der Waals surface area contributed by atoms with Gasteiger partial charge < -0.3 is 15.3 Å². The number of urea groups is 1. The lowest BCUT2D eigenvalue weighted by atomic mass is 10.2. The molecule has 0 radical (unpaired) electrons. The van der Waals surface area contributed by atoms with E-state index >= 15 is 0 Å². The van der Waals surface area contributed by atoms with Gasteiger partial charge in [0.2, 0.25) is 0 Å². The first-order valence-electron chi connectivity index (χ1n) is 5.47. The van der Waals surface area contributed by atoms with E-state index < -0.39 is 12.0 Å². The van der Waals surface area contributed by atoms with Crippen molar-refractivity contribution in [1.29, 1.82) is 0 Å². The number of hydrogen-bond acceptors (Lipinski definition) is 3. The SMILES string of the molecule is CCC(CC)NC(=O)N1CSCC1C(=O)O. The van der Waals surface area contributed by atoms with Gasteiger partial charge >= 0.3 is 12.0 Å². The second-order valence-corrected chi connectivity index (χ2v) is 4.79. The average Bonchev–Trinajstić information content (AvgIpc) is 2.74. The molecule has 0 aromatic carbocycles. The fourth-order valence-corrected chi connectivity index (χ4v) is 2.74. The van der Waals surface area contributed by atoms with E-state index in [-0.39, 0.29) is 12.1 Å². The van der Waals surface area contributed by atoms with Crippen LogP contribution in [0.15, 0.2) is 0 Å². The Bertz CT molecular complexity index is 269. The lowest BCUT2D eigenvalue weighted by Crippen LogP contribution is -2.49. The van der Waals surface area contributed by atoms with Gasteiger partial charge in [-0.05, 0) is 12.8 Å². The second kappa shape index (κ2) is 5.98. The largest absolute Gasteiger partial charge is 0.480 e. The predicted molar refractivity (Wildman–Crippen MR) is 63.5 cm³/mol. The highest BCUT2D eigenvalue weighted by Crippen LogP contribution is 2.21. The smallest absolute Gasteiger partial charge is 0.327 e. The molecule has 0 saturated carbocycles. The molecule has 1 rings (SSSR count). The summed E-state index contributed by atoms with van der Waals surface area (Å²) in [6.07, 6.45) is 1.72. The van der Waals surface area contributed by atoms with Crippen molar-refractivity contribution in [3.8, 4) is 0 Å². The van der Waals surface area contributed by atoms with E-state index in [1.165, 1.54) is 16.7 Å². The van der Waals surface area contributed by atoms with Gasteiger partial charge in [-0.15, -0.1) is 11.8 Å². The molecule has 0 aromatic heterocycles. The number of amides is 2. The topological polar surface area (TPSA) is 69.6 Å². The lowest BCUT2D eigenvalue weighted by Gasteiger charge is -2.24. The van der Waals surface area contributed by atoms with Crippen molar-refractivity contribution in [3.63, 3.8) is 0 Å². The molecule has 1 unspecified atom stereocenters. The summed E-state index contributed by atoms with van der Waals surface area (Å²) in [4.78, 5) is 24.1. The van der Waals surface area contributed by atoms with E-state index in [9.17, 15) is 9.59 Å². The van der Waals surface area contributed by atoms with E-state index in [1.807, 2.05) is 13.8 Å². The highest BCUT2D eigenvalue weighted by atomic mass is 32.2. The van der Waals surface area contributed by atoms with E-state index in [0.717, 1.165) is 12.8 Å². The molecule has 1 fully saturated rings. The molecular weight excluding hydrogens is 228 g/mol. The van der Waals surface area contributed by atoms with E-state index in [0.29, 0.717) is 11.6 Å². The number of carbonyl (C=O) groups excluding carboxylic acids is 1. The number of nitrogens with zero attached hydrogens (tertiary/aromatic N) is 1. The molecule has 6 heteroatoms. The van der Waals surface area contributed by atoms with Crippen LogP contribution in [0.3, 0.4) is 0 Å². The summed E-state index contributed by atoms with van der Waals surface area (Å²) in [5, 5.41) is 11.8. The number of rotatable bonds is 4. The minimum absolute atomic E-state index is 0.132. The Morgan fingerprint density at radius 3 is 2.62 bits per heavy atom. The summed E-state index contributed by atoms with van der Waals surface area (Å²) in [6.45, 7) is 4.00. The van der Waals surface area contributed by atoms with Crippen LogP contribution >= 0.6 is 11.8 Å². The summed E-state index contributed by atoms with van der Waals surface area (Å²) < 4.78 is 0. The molecule has 0 aromatic rings. The number of thioether (sulfide) groups is 1. The van der Waals surface area contributed by atoms with Gasteiger partial charge in [0.25, 0.3) is 0 Å². The van der Waals surface area contributed by atoms with Crippen LogP contribution in [0.2, 0.25) is 0 Å². The molecule has 0 spiro atoms. The maximum atomic E-state index is 11.8. The van der Waals surface area contributed by atoms with Gasteiger partial charge in [-0.25, -0.2) is 9.59 Å². The molecule has 92 valence electrons. The first kappa shape index (κ1) is 13.2. The van der Waals surface area contributed by atoms with Crippen LogP contribution in [0.25, 0.3) is 0 Å². The molecule has 16 heavy (non-hydrogen) atoms. The van der Waals surface area contributed by atoms with Gasteiger partial charge in [-0.3, -0.25) is 0 Å². The van der Waals surface area contributed by atoms with Crippen LogP contribution in [-0.4, -0.2) is 45.7 Å². The van der Waals surface area contributed by atoms with Gasteiger partial charge in [-0.1, -0.05) is 13.8 Å². The Hall–Kier alpha value is -0.910. The second-order valence-electron chi connectivity index (χ2n) is 3.79. The first-order valence-corrected chi connectivity index (χ1v) is 6.63. The molecule has 0 bridgehead atoms. The molecule has 1 saturated heterocycles. The summed E-state index contributed by atoms with van der Waals surface area (Å²) in [6, 6.07) is -0.807. The quantitative estimate of drug-likeness (QED) is 0.785. The Morgan fingerprint density at radius 2 is 2.12 bits per heavy atom. The van der Waals surface area contributed by atoms with Crippen molar-refractivity contribution in [3.05, 3.63) is 0 Å². The van der Waals surface area contributed by atoms with Crippen molar-refractivity contribution in [2.45, 2.75) is 38.8 Å². The third-order valence-electron chi connectivity index (χ3n) is 2.74. The Balaban J connectivity index is 2.56. The van der Waals surface area contributed by atoms with Crippen molar-refractivity contribution in [2.24, 2.45) is 0 Å². The molecule has 2 N–H and O–H groups in total. The Labute approximate surface area is 99.6 Å². The lowest BCUT2D eigenvalue weighted by molar-refractivity contribution is -0.140. The summed E-state index contributed by atoms with van der Waals surface area (Å²) in [7, 11) is 0. The van der Waals surface area contributed by atoms with E-state index in [4.69, 9.17) is 5.11 Å². The highest BCUT2D eigenvalue weighted by molar-refractivity contribution is 7.99. The minimum atomic E-state index is -0.926. The number of carboxylic acids is 1. The van der Waals surface area contributed by atoms with Gasteiger partial charge in [0.05, 0.1) is 5.88 Å². The summed E-state index contributed by atoms with van der Waals surface area (Å²) >= 11 is 1.47. The zero-order valence-electron chi connectivity index (χ0n) is 9.60. The fourth-order valence-electron chi connectivity index (χ4n) is 1.60. The molecule has 1 aliphatic rings. The predicted octanol–water partition coefficient (Wildman–Crippen LogP) is 1.34. The van der Waals surface area contributed by atoms with Gasteiger partial charge in [0.15, 0.2) is 0 Å². The van der Waals surface area contributed by atoms with Gasteiger partial charge in [0.1, 0.15) is 6.04 Å². The summed E-state index contributed by atoms with van der Waals surface area (Å²) in [5.74, 6) is 0.0129. The van der Waals surface area contributed by atoms with Crippen LogP contribution in [0.1, 0.15) is 26.7 Å². The van der Waals surface area contributed by atoms with Crippen molar-refractivity contribution < 1.29 is 14.7 Å². The maximum absolute atomic E-state index is 11.8. The summed E-state index contributed by atoms with van der Waals surface area (Å²) in [5.41, 5.74) is 0. The van der Waals surface area contributed by atoms with Crippen molar-refractivity contribution in [2.75, 3.05) is 11.6 Å².